The van der Waals surface area contributed by atoms with Gasteiger partial charge in [-0.1, -0.05) is 0 Å². The smallest absolute Gasteiger partial charge is 0.181 e. The molecule has 0 atom stereocenters. The lowest BCUT2D eigenvalue weighted by Gasteiger charge is -2.19. The Morgan fingerprint density at radius 1 is 1.14 bits per heavy atom. The topological polar surface area (TPSA) is 85.3 Å². The van der Waals surface area contributed by atoms with E-state index in [2.05, 4.69) is 0 Å². The van der Waals surface area contributed by atoms with E-state index in [-0.39, 0.29) is 34.9 Å². The minimum Gasteiger partial charge on any atom is -0.298 e. The van der Waals surface area contributed by atoms with Gasteiger partial charge in [-0.15, -0.1) is 0 Å². The lowest BCUT2D eigenvalue weighted by molar-refractivity contribution is -0.133. The number of hydrogen-bond donors (Lipinski definition) is 0. The third-order valence-corrected chi connectivity index (χ3v) is 4.75. The zero-order valence-electron chi connectivity index (χ0n) is 11.9. The maximum absolute atomic E-state index is 12.4. The molecule has 1 aromatic rings. The van der Waals surface area contributed by atoms with Gasteiger partial charge in [-0.25, -0.2) is 8.42 Å². The number of sulfone groups is 1. The molecule has 0 bridgehead atoms. The van der Waals surface area contributed by atoms with E-state index in [0.717, 1.165) is 6.26 Å². The van der Waals surface area contributed by atoms with Crippen LogP contribution in [0.1, 0.15) is 35.2 Å². The summed E-state index contributed by atoms with van der Waals surface area (Å²) in [6, 6.07) is 4.09. The molecule has 0 N–H and O–H groups in total. The van der Waals surface area contributed by atoms with Crippen LogP contribution in [0.4, 0.5) is 0 Å². The van der Waals surface area contributed by atoms with Gasteiger partial charge in [-0.3, -0.25) is 14.4 Å². The fourth-order valence-electron chi connectivity index (χ4n) is 2.50. The molecule has 6 heteroatoms. The van der Waals surface area contributed by atoms with E-state index in [0.29, 0.717) is 12.0 Å². The first-order valence-corrected chi connectivity index (χ1v) is 8.51. The highest BCUT2D eigenvalue weighted by molar-refractivity contribution is 7.90. The number of ketones is 3. The van der Waals surface area contributed by atoms with Crippen LogP contribution in [0.25, 0.3) is 0 Å². The molecule has 0 aliphatic heterocycles. The lowest BCUT2D eigenvalue weighted by atomic mass is 9.81. The maximum Gasteiger partial charge on any atom is 0.181 e. The van der Waals surface area contributed by atoms with Crippen LogP contribution in [-0.2, 0) is 19.4 Å². The normalized spacial score (nSPS) is 17.0. The Kier molecular flexibility index (Phi) is 4.09. The minimum absolute atomic E-state index is 0.109. The first kappa shape index (κ1) is 15.6. The molecule has 0 heterocycles. The van der Waals surface area contributed by atoms with Crippen molar-refractivity contribution in [2.45, 2.75) is 31.1 Å². The first-order valence-electron chi connectivity index (χ1n) is 6.62. The molecular formula is C15H16O5S. The van der Waals surface area contributed by atoms with Crippen molar-refractivity contribution in [3.05, 3.63) is 29.3 Å². The molecule has 1 aliphatic carbocycles. The van der Waals surface area contributed by atoms with Crippen molar-refractivity contribution in [2.75, 3.05) is 6.26 Å². The number of aryl methyl sites for hydroxylation is 1. The fraction of sp³-hybridized carbons (Fsp3) is 0.400. The van der Waals surface area contributed by atoms with Crippen molar-refractivity contribution in [3.63, 3.8) is 0 Å². The van der Waals surface area contributed by atoms with Gasteiger partial charge in [0, 0.05) is 24.7 Å². The van der Waals surface area contributed by atoms with Crippen molar-refractivity contribution in [3.8, 4) is 0 Å². The van der Waals surface area contributed by atoms with Gasteiger partial charge in [-0.05, 0) is 37.1 Å². The molecule has 0 amide bonds. The predicted octanol–water partition coefficient (Wildman–Crippen LogP) is 1.52. The maximum atomic E-state index is 12.4. The third-order valence-electron chi connectivity index (χ3n) is 3.64. The second-order valence-electron chi connectivity index (χ2n) is 5.33. The average Bonchev–Trinajstić information content (AvgIpc) is 2.37. The lowest BCUT2D eigenvalue weighted by Crippen LogP contribution is -2.35. The molecule has 0 spiro atoms. The summed E-state index contributed by atoms with van der Waals surface area (Å²) in [6.07, 6.45) is 2.05. The van der Waals surface area contributed by atoms with Crippen LogP contribution in [0.15, 0.2) is 23.1 Å². The van der Waals surface area contributed by atoms with Gasteiger partial charge in [-0.2, -0.15) is 0 Å². The van der Waals surface area contributed by atoms with E-state index in [9.17, 15) is 22.8 Å². The molecule has 5 nitrogen and oxygen atoms in total. The Morgan fingerprint density at radius 2 is 1.71 bits per heavy atom. The number of hydrogen-bond acceptors (Lipinski definition) is 5. The summed E-state index contributed by atoms with van der Waals surface area (Å²) >= 11 is 0. The van der Waals surface area contributed by atoms with Gasteiger partial charge >= 0.3 is 0 Å². The van der Waals surface area contributed by atoms with E-state index in [1.807, 2.05) is 0 Å². The van der Waals surface area contributed by atoms with Crippen molar-refractivity contribution in [1.82, 2.24) is 0 Å². The van der Waals surface area contributed by atoms with Crippen molar-refractivity contribution < 1.29 is 22.8 Å². The second-order valence-corrected chi connectivity index (χ2v) is 7.35. The van der Waals surface area contributed by atoms with E-state index in [1.54, 1.807) is 6.92 Å². The number of benzene rings is 1. The van der Waals surface area contributed by atoms with Gasteiger partial charge in [0.2, 0.25) is 0 Å². The highest BCUT2D eigenvalue weighted by atomic mass is 32.2. The zero-order valence-corrected chi connectivity index (χ0v) is 12.7. The van der Waals surface area contributed by atoms with Gasteiger partial charge in [0.25, 0.3) is 0 Å². The van der Waals surface area contributed by atoms with Gasteiger partial charge in [0.1, 0.15) is 5.92 Å². The fourth-order valence-corrected chi connectivity index (χ4v) is 3.20. The largest absolute Gasteiger partial charge is 0.298 e. The first-order chi connectivity index (χ1) is 9.71. The summed E-state index contributed by atoms with van der Waals surface area (Å²) in [4.78, 5) is 36.2. The number of carbonyl (C=O) groups is 3. The molecule has 1 aliphatic rings. The Morgan fingerprint density at radius 3 is 2.19 bits per heavy atom. The summed E-state index contributed by atoms with van der Waals surface area (Å²) in [5.41, 5.74) is 0.685. The summed E-state index contributed by atoms with van der Waals surface area (Å²) in [6.45, 7) is 1.60. The molecule has 21 heavy (non-hydrogen) atoms. The number of carbonyl (C=O) groups excluding carboxylic acids is 3. The molecule has 0 unspecified atom stereocenters. The summed E-state index contributed by atoms with van der Waals surface area (Å²) in [7, 11) is -3.36. The molecule has 2 rings (SSSR count). The number of Topliss-reactive ketones (excluding diaryl/α,β-unsaturated/α-hetero) is 3. The van der Waals surface area contributed by atoms with Crippen molar-refractivity contribution in [1.29, 1.82) is 0 Å². The molecule has 0 aromatic heterocycles. The summed E-state index contributed by atoms with van der Waals surface area (Å²) in [5, 5.41) is 0. The second kappa shape index (κ2) is 5.52. The van der Waals surface area contributed by atoms with Gasteiger partial charge in [0.15, 0.2) is 27.2 Å². The monoisotopic (exact) mass is 308 g/mol. The quantitative estimate of drug-likeness (QED) is 0.624. The zero-order chi connectivity index (χ0) is 15.8. The summed E-state index contributed by atoms with van der Waals surface area (Å²) in [5.74, 6) is -2.44. The SMILES string of the molecule is Cc1cc(S(C)(=O)=O)ccc1C(=O)C1C(=O)CCCC1=O. The highest BCUT2D eigenvalue weighted by Gasteiger charge is 2.36. The minimum atomic E-state index is -3.36. The van der Waals surface area contributed by atoms with Crippen LogP contribution in [-0.4, -0.2) is 32.0 Å². The van der Waals surface area contributed by atoms with Crippen molar-refractivity contribution >= 4 is 27.2 Å². The van der Waals surface area contributed by atoms with Crippen LogP contribution in [0.3, 0.4) is 0 Å². The Balaban J connectivity index is 2.40. The van der Waals surface area contributed by atoms with Crippen molar-refractivity contribution in [2.24, 2.45) is 5.92 Å². The Labute approximate surface area is 123 Å². The summed E-state index contributed by atoms with van der Waals surface area (Å²) < 4.78 is 23.0. The van der Waals surface area contributed by atoms with Gasteiger partial charge < -0.3 is 0 Å². The molecule has 0 radical (unpaired) electrons. The molecular weight excluding hydrogens is 292 g/mol. The predicted molar refractivity (Wildman–Crippen MR) is 76.0 cm³/mol. The van der Waals surface area contributed by atoms with Gasteiger partial charge in [0.05, 0.1) is 4.90 Å². The number of rotatable bonds is 3. The molecule has 0 saturated heterocycles. The van der Waals surface area contributed by atoms with Crippen LogP contribution in [0.5, 0.6) is 0 Å². The average molecular weight is 308 g/mol. The van der Waals surface area contributed by atoms with E-state index < -0.39 is 21.5 Å². The van der Waals surface area contributed by atoms with E-state index >= 15 is 0 Å². The van der Waals surface area contributed by atoms with Crippen LogP contribution in [0, 0.1) is 12.8 Å². The highest BCUT2D eigenvalue weighted by Crippen LogP contribution is 2.24. The molecule has 1 aromatic carbocycles. The van der Waals surface area contributed by atoms with Crippen LogP contribution >= 0.6 is 0 Å². The molecule has 112 valence electrons. The third kappa shape index (κ3) is 3.10. The molecule has 1 fully saturated rings. The van der Waals surface area contributed by atoms with Crippen LogP contribution in [0.2, 0.25) is 0 Å². The Hall–Kier alpha value is -1.82. The van der Waals surface area contributed by atoms with Crippen LogP contribution < -0.4 is 0 Å². The standard InChI is InChI=1S/C15H16O5S/c1-9-8-10(21(2,19)20)6-7-11(9)15(18)14-12(16)4-3-5-13(14)17/h6-8,14H,3-5H2,1-2H3. The Bertz CT molecular complexity index is 714. The van der Waals surface area contributed by atoms with E-state index in [4.69, 9.17) is 0 Å². The molecule has 1 saturated carbocycles. The van der Waals surface area contributed by atoms with E-state index in [1.165, 1.54) is 18.2 Å².